The van der Waals surface area contributed by atoms with E-state index in [0.29, 0.717) is 12.8 Å². The Morgan fingerprint density at radius 3 is 1.46 bits per heavy atom. The van der Waals surface area contributed by atoms with Gasteiger partial charge < -0.3 is 4.74 Å². The van der Waals surface area contributed by atoms with Gasteiger partial charge in [0, 0.05) is 0 Å². The molecule has 0 saturated carbocycles. The minimum atomic E-state index is -2.12. The predicted molar refractivity (Wildman–Crippen MR) is 111 cm³/mol. The monoisotopic (exact) mass is 363 g/mol. The van der Waals surface area contributed by atoms with Crippen LogP contribution in [-0.4, -0.2) is 18.7 Å². The summed E-state index contributed by atoms with van der Waals surface area (Å²) < 4.78 is 5.50. The number of rotatable bonds is 7. The molecular formula is C23H24O2P+. The number of carbonyl (C=O) groups excluding carboxylic acids is 1. The van der Waals surface area contributed by atoms with Crippen molar-refractivity contribution in [3.8, 4) is 0 Å². The van der Waals surface area contributed by atoms with E-state index >= 15 is 0 Å². The van der Waals surface area contributed by atoms with Gasteiger partial charge in [0.25, 0.3) is 0 Å². The van der Waals surface area contributed by atoms with Gasteiger partial charge >= 0.3 is 5.97 Å². The molecule has 0 N–H and O–H groups in total. The molecule has 3 aromatic carbocycles. The van der Waals surface area contributed by atoms with Crippen LogP contribution in [0.5, 0.6) is 0 Å². The first kappa shape index (κ1) is 18.4. The summed E-state index contributed by atoms with van der Waals surface area (Å²) in [6, 6.07) is 31.2. The van der Waals surface area contributed by atoms with Crippen molar-refractivity contribution >= 4 is 29.1 Å². The average molecular weight is 363 g/mol. The third kappa shape index (κ3) is 3.86. The first-order chi connectivity index (χ1) is 12.8. The number of hydrogen-bond donors (Lipinski definition) is 0. The summed E-state index contributed by atoms with van der Waals surface area (Å²) in [6.45, 7) is 2.48. The zero-order valence-electron chi connectivity index (χ0n) is 15.0. The largest absolute Gasteiger partial charge is 0.463 e. The standard InChI is InChI=1S/C23H24O2P/c1-2-18-25-23(24)19-26(20-12-6-3-7-13-20,21-14-8-4-9-15-21)22-16-10-5-11-17-22/h3-17H,2,18-19H2,1H3/q+1. The van der Waals surface area contributed by atoms with Crippen LogP contribution < -0.4 is 15.9 Å². The van der Waals surface area contributed by atoms with Crippen LogP contribution >= 0.6 is 7.26 Å². The summed E-state index contributed by atoms with van der Waals surface area (Å²) in [5.74, 6) is -0.128. The normalized spacial score (nSPS) is 11.1. The highest BCUT2D eigenvalue weighted by molar-refractivity contribution is 7.96. The highest BCUT2D eigenvalue weighted by Crippen LogP contribution is 2.55. The summed E-state index contributed by atoms with van der Waals surface area (Å²) in [4.78, 5) is 12.7. The van der Waals surface area contributed by atoms with Crippen molar-refractivity contribution in [2.24, 2.45) is 0 Å². The van der Waals surface area contributed by atoms with Crippen LogP contribution in [0.1, 0.15) is 13.3 Å². The maximum Gasteiger partial charge on any atom is 0.345 e. The van der Waals surface area contributed by atoms with Crippen LogP contribution in [0.3, 0.4) is 0 Å². The maximum atomic E-state index is 12.7. The second kappa shape index (κ2) is 8.78. The van der Waals surface area contributed by atoms with E-state index in [0.717, 1.165) is 6.42 Å². The summed E-state index contributed by atoms with van der Waals surface area (Å²) >= 11 is 0. The molecule has 0 saturated heterocycles. The van der Waals surface area contributed by atoms with Crippen molar-refractivity contribution in [3.63, 3.8) is 0 Å². The van der Waals surface area contributed by atoms with E-state index < -0.39 is 7.26 Å². The predicted octanol–water partition coefficient (Wildman–Crippen LogP) is 3.93. The lowest BCUT2D eigenvalue weighted by molar-refractivity contribution is -0.140. The van der Waals surface area contributed by atoms with Gasteiger partial charge in [0.1, 0.15) is 23.2 Å². The smallest absolute Gasteiger partial charge is 0.345 e. The molecule has 0 bridgehead atoms. The molecule has 0 spiro atoms. The van der Waals surface area contributed by atoms with Gasteiger partial charge in [0.2, 0.25) is 0 Å². The second-order valence-electron chi connectivity index (χ2n) is 6.19. The summed E-state index contributed by atoms with van der Waals surface area (Å²) in [7, 11) is -2.12. The van der Waals surface area contributed by atoms with E-state index in [2.05, 4.69) is 36.4 Å². The minimum Gasteiger partial charge on any atom is -0.463 e. The Labute approximate surface area is 156 Å². The number of hydrogen-bond acceptors (Lipinski definition) is 2. The van der Waals surface area contributed by atoms with E-state index in [9.17, 15) is 4.79 Å². The van der Waals surface area contributed by atoms with Gasteiger partial charge in [0.05, 0.1) is 6.61 Å². The van der Waals surface area contributed by atoms with E-state index in [1.807, 2.05) is 61.5 Å². The third-order valence-electron chi connectivity index (χ3n) is 4.42. The average Bonchev–Trinajstić information content (AvgIpc) is 2.72. The van der Waals surface area contributed by atoms with Gasteiger partial charge in [-0.3, -0.25) is 0 Å². The summed E-state index contributed by atoms with van der Waals surface area (Å²) in [5.41, 5.74) is 0. The molecule has 0 atom stereocenters. The molecule has 3 aromatic rings. The van der Waals surface area contributed by atoms with E-state index in [4.69, 9.17) is 4.74 Å². The molecule has 0 aliphatic heterocycles. The summed E-state index contributed by atoms with van der Waals surface area (Å²) in [6.07, 6.45) is 1.21. The molecule has 26 heavy (non-hydrogen) atoms. The fourth-order valence-electron chi connectivity index (χ4n) is 3.22. The molecule has 2 nitrogen and oxygen atoms in total. The molecule has 0 aliphatic rings. The maximum absolute atomic E-state index is 12.7. The number of carbonyl (C=O) groups is 1. The number of benzene rings is 3. The van der Waals surface area contributed by atoms with Gasteiger partial charge in [-0.25, -0.2) is 4.79 Å². The van der Waals surface area contributed by atoms with Gasteiger partial charge in [-0.1, -0.05) is 61.5 Å². The molecule has 3 rings (SSSR count). The van der Waals surface area contributed by atoms with Crippen molar-refractivity contribution < 1.29 is 9.53 Å². The van der Waals surface area contributed by atoms with Gasteiger partial charge in [0.15, 0.2) is 6.16 Å². The quantitative estimate of drug-likeness (QED) is 0.470. The highest BCUT2D eigenvalue weighted by atomic mass is 31.2. The Morgan fingerprint density at radius 2 is 1.12 bits per heavy atom. The highest BCUT2D eigenvalue weighted by Gasteiger charge is 2.47. The van der Waals surface area contributed by atoms with E-state index in [-0.39, 0.29) is 5.97 Å². The van der Waals surface area contributed by atoms with Crippen LogP contribution in [0.25, 0.3) is 0 Å². The molecule has 0 radical (unpaired) electrons. The minimum absolute atomic E-state index is 0.128. The van der Waals surface area contributed by atoms with Crippen molar-refractivity contribution in [2.45, 2.75) is 13.3 Å². The molecule has 3 heteroatoms. The van der Waals surface area contributed by atoms with Gasteiger partial charge in [-0.05, 0) is 42.8 Å². The number of esters is 1. The van der Waals surface area contributed by atoms with Crippen LogP contribution in [-0.2, 0) is 9.53 Å². The van der Waals surface area contributed by atoms with Crippen molar-refractivity contribution in [2.75, 3.05) is 12.8 Å². The lowest BCUT2D eigenvalue weighted by atomic mass is 10.4. The van der Waals surface area contributed by atoms with Crippen molar-refractivity contribution in [1.82, 2.24) is 0 Å². The Hall–Kier alpha value is -2.44. The van der Waals surface area contributed by atoms with Crippen molar-refractivity contribution in [3.05, 3.63) is 91.0 Å². The molecule has 0 fully saturated rings. The molecule has 132 valence electrons. The second-order valence-corrected chi connectivity index (χ2v) is 9.68. The van der Waals surface area contributed by atoms with E-state index in [1.165, 1.54) is 15.9 Å². The van der Waals surface area contributed by atoms with Crippen molar-refractivity contribution in [1.29, 1.82) is 0 Å². The fraction of sp³-hybridized carbons (Fsp3) is 0.174. The third-order valence-corrected chi connectivity index (χ3v) is 8.70. The zero-order chi connectivity index (χ0) is 18.2. The lowest BCUT2D eigenvalue weighted by Crippen LogP contribution is -2.36. The fourth-order valence-corrected chi connectivity index (χ4v) is 7.19. The molecular weight excluding hydrogens is 339 g/mol. The van der Waals surface area contributed by atoms with E-state index in [1.54, 1.807) is 0 Å². The van der Waals surface area contributed by atoms with Gasteiger partial charge in [-0.2, -0.15) is 0 Å². The Balaban J connectivity index is 2.19. The SMILES string of the molecule is CCCOC(=O)C[P+](c1ccccc1)(c1ccccc1)c1ccccc1. The topological polar surface area (TPSA) is 26.3 Å². The van der Waals surface area contributed by atoms with Gasteiger partial charge in [-0.15, -0.1) is 0 Å². The van der Waals surface area contributed by atoms with Crippen LogP contribution in [0.4, 0.5) is 0 Å². The first-order valence-corrected chi connectivity index (χ1v) is 11.0. The Bertz CT molecular complexity index is 720. The first-order valence-electron chi connectivity index (χ1n) is 8.98. The zero-order valence-corrected chi connectivity index (χ0v) is 15.9. The Morgan fingerprint density at radius 1 is 0.731 bits per heavy atom. The van der Waals surface area contributed by atoms with Crippen LogP contribution in [0.15, 0.2) is 91.0 Å². The lowest BCUT2D eigenvalue weighted by Gasteiger charge is -2.26. The molecule has 0 aliphatic carbocycles. The molecule has 0 amide bonds. The van der Waals surface area contributed by atoms with Crippen LogP contribution in [0, 0.1) is 0 Å². The molecule has 0 unspecified atom stereocenters. The Kier molecular flexibility index (Phi) is 6.20. The number of ether oxygens (including phenoxy) is 1. The molecule has 0 heterocycles. The van der Waals surface area contributed by atoms with Crippen LogP contribution in [0.2, 0.25) is 0 Å². The summed E-state index contributed by atoms with van der Waals surface area (Å²) in [5, 5.41) is 3.60. The molecule has 0 aromatic heterocycles.